The number of ether oxygens (including phenoxy) is 1. The van der Waals surface area contributed by atoms with Crippen molar-refractivity contribution in [3.8, 4) is 5.75 Å². The van der Waals surface area contributed by atoms with Crippen LogP contribution in [0.5, 0.6) is 5.75 Å². The van der Waals surface area contributed by atoms with Gasteiger partial charge in [0.05, 0.1) is 17.8 Å². The van der Waals surface area contributed by atoms with Crippen LogP contribution in [0.1, 0.15) is 30.4 Å². The van der Waals surface area contributed by atoms with Crippen LogP contribution in [-0.2, 0) is 12.1 Å². The maximum atomic E-state index is 14.2. The van der Waals surface area contributed by atoms with Gasteiger partial charge in [-0.05, 0) is 31.4 Å². The third-order valence-electron chi connectivity index (χ3n) is 4.94. The van der Waals surface area contributed by atoms with Gasteiger partial charge in [-0.2, -0.15) is 0 Å². The summed E-state index contributed by atoms with van der Waals surface area (Å²) in [5, 5.41) is 0. The van der Waals surface area contributed by atoms with Crippen molar-refractivity contribution in [2.45, 2.75) is 31.3 Å². The summed E-state index contributed by atoms with van der Waals surface area (Å²) < 4.78 is 19.7. The minimum absolute atomic E-state index is 0.0935. The van der Waals surface area contributed by atoms with Crippen LogP contribution in [0.4, 0.5) is 14.9 Å². The minimum atomic E-state index is -0.464. The molecule has 4 nitrogen and oxygen atoms in total. The van der Waals surface area contributed by atoms with Crippen LogP contribution in [0.2, 0.25) is 0 Å². The molecule has 5 heteroatoms. The number of para-hydroxylation sites is 1. The number of carbonyl (C=O) groups is 1. The SMILES string of the molecule is Nc1cccc(CN2C(=O)Oc3ccccc3C23CCC3)c1F. The molecular formula is C18H17FN2O2. The molecule has 0 unspecified atom stereocenters. The second-order valence-corrected chi connectivity index (χ2v) is 6.16. The maximum absolute atomic E-state index is 14.2. The summed E-state index contributed by atoms with van der Waals surface area (Å²) in [6, 6.07) is 12.5. The van der Waals surface area contributed by atoms with E-state index in [1.54, 1.807) is 17.0 Å². The number of hydrogen-bond donors (Lipinski definition) is 1. The summed E-state index contributed by atoms with van der Waals surface area (Å²) in [6.07, 6.45) is 2.34. The number of anilines is 1. The summed E-state index contributed by atoms with van der Waals surface area (Å²) in [6.45, 7) is 0.157. The van der Waals surface area contributed by atoms with Gasteiger partial charge >= 0.3 is 6.09 Å². The lowest BCUT2D eigenvalue weighted by Gasteiger charge is -2.52. The van der Waals surface area contributed by atoms with Crippen LogP contribution >= 0.6 is 0 Å². The third-order valence-corrected chi connectivity index (χ3v) is 4.94. The fourth-order valence-corrected chi connectivity index (χ4v) is 3.57. The Morgan fingerprint density at radius 2 is 1.96 bits per heavy atom. The molecule has 23 heavy (non-hydrogen) atoms. The molecule has 1 aliphatic heterocycles. The van der Waals surface area contributed by atoms with E-state index in [0.717, 1.165) is 24.8 Å². The molecule has 118 valence electrons. The van der Waals surface area contributed by atoms with E-state index in [2.05, 4.69) is 0 Å². The first-order valence-corrected chi connectivity index (χ1v) is 7.74. The molecular weight excluding hydrogens is 295 g/mol. The first-order chi connectivity index (χ1) is 11.1. The number of nitrogens with zero attached hydrogens (tertiary/aromatic N) is 1. The fourth-order valence-electron chi connectivity index (χ4n) is 3.57. The number of fused-ring (bicyclic) bond motifs is 2. The highest BCUT2D eigenvalue weighted by atomic mass is 19.1. The van der Waals surface area contributed by atoms with Gasteiger partial charge in [-0.1, -0.05) is 30.3 Å². The van der Waals surface area contributed by atoms with Crippen LogP contribution < -0.4 is 10.5 Å². The number of hydrogen-bond acceptors (Lipinski definition) is 3. The third kappa shape index (κ3) is 2.00. The number of amides is 1. The smallest absolute Gasteiger partial charge is 0.410 e. The lowest BCUT2D eigenvalue weighted by atomic mass is 9.69. The monoisotopic (exact) mass is 312 g/mol. The topological polar surface area (TPSA) is 55.6 Å². The Labute approximate surface area is 133 Å². The summed E-state index contributed by atoms with van der Waals surface area (Å²) in [5.74, 6) is 0.148. The molecule has 0 aromatic heterocycles. The van der Waals surface area contributed by atoms with Crippen molar-refractivity contribution < 1.29 is 13.9 Å². The van der Waals surface area contributed by atoms with E-state index >= 15 is 0 Å². The first kappa shape index (κ1) is 14.1. The average molecular weight is 312 g/mol. The quantitative estimate of drug-likeness (QED) is 0.858. The molecule has 1 heterocycles. The molecule has 0 bridgehead atoms. The summed E-state index contributed by atoms with van der Waals surface area (Å²) >= 11 is 0. The van der Waals surface area contributed by atoms with Gasteiger partial charge in [-0.25, -0.2) is 9.18 Å². The van der Waals surface area contributed by atoms with E-state index in [9.17, 15) is 9.18 Å². The maximum Gasteiger partial charge on any atom is 0.416 e. The molecule has 2 aromatic rings. The highest BCUT2D eigenvalue weighted by Crippen LogP contribution is 2.52. The van der Waals surface area contributed by atoms with Crippen molar-refractivity contribution >= 4 is 11.8 Å². The molecule has 1 spiro atoms. The van der Waals surface area contributed by atoms with Crippen molar-refractivity contribution in [2.24, 2.45) is 0 Å². The van der Waals surface area contributed by atoms with E-state index in [4.69, 9.17) is 10.5 Å². The molecule has 2 aliphatic rings. The van der Waals surface area contributed by atoms with Gasteiger partial charge in [0.25, 0.3) is 0 Å². The number of halogens is 1. The van der Waals surface area contributed by atoms with E-state index in [0.29, 0.717) is 11.3 Å². The molecule has 1 fully saturated rings. The number of benzene rings is 2. The summed E-state index contributed by atoms with van der Waals surface area (Å²) in [4.78, 5) is 14.2. The lowest BCUT2D eigenvalue weighted by molar-refractivity contribution is 0.00121. The molecule has 2 aromatic carbocycles. The van der Waals surface area contributed by atoms with Crippen LogP contribution in [0.15, 0.2) is 42.5 Å². The molecule has 4 rings (SSSR count). The average Bonchev–Trinajstić information content (AvgIpc) is 2.50. The first-order valence-electron chi connectivity index (χ1n) is 7.74. The van der Waals surface area contributed by atoms with Gasteiger partial charge in [-0.15, -0.1) is 0 Å². The number of carbonyl (C=O) groups excluding carboxylic acids is 1. The Morgan fingerprint density at radius 3 is 2.70 bits per heavy atom. The van der Waals surface area contributed by atoms with E-state index in [-0.39, 0.29) is 17.8 Å². The van der Waals surface area contributed by atoms with Crippen LogP contribution in [0, 0.1) is 5.82 Å². The van der Waals surface area contributed by atoms with Crippen LogP contribution in [-0.4, -0.2) is 11.0 Å². The van der Waals surface area contributed by atoms with Crippen molar-refractivity contribution in [3.05, 3.63) is 59.4 Å². The predicted molar refractivity (Wildman–Crippen MR) is 84.4 cm³/mol. The normalized spacial score (nSPS) is 18.3. The lowest BCUT2D eigenvalue weighted by Crippen LogP contribution is -2.57. The Morgan fingerprint density at radius 1 is 1.17 bits per heavy atom. The zero-order valence-corrected chi connectivity index (χ0v) is 12.6. The van der Waals surface area contributed by atoms with E-state index < -0.39 is 11.9 Å². The fraction of sp³-hybridized carbons (Fsp3) is 0.278. The summed E-state index contributed by atoms with van der Waals surface area (Å²) in [7, 11) is 0. The predicted octanol–water partition coefficient (Wildman–Crippen LogP) is 3.80. The molecule has 2 N–H and O–H groups in total. The molecule has 0 radical (unpaired) electrons. The highest BCUT2D eigenvalue weighted by Gasteiger charge is 2.51. The molecule has 1 saturated carbocycles. The zero-order chi connectivity index (χ0) is 16.0. The van der Waals surface area contributed by atoms with E-state index in [1.165, 1.54) is 6.07 Å². The van der Waals surface area contributed by atoms with Crippen molar-refractivity contribution in [3.63, 3.8) is 0 Å². The zero-order valence-electron chi connectivity index (χ0n) is 12.6. The van der Waals surface area contributed by atoms with Crippen LogP contribution in [0.25, 0.3) is 0 Å². The number of nitrogen functional groups attached to an aromatic ring is 1. The number of rotatable bonds is 2. The second kappa shape index (κ2) is 4.98. The second-order valence-electron chi connectivity index (χ2n) is 6.16. The van der Waals surface area contributed by atoms with Gasteiger partial charge in [0, 0.05) is 11.1 Å². The largest absolute Gasteiger partial charge is 0.416 e. The van der Waals surface area contributed by atoms with E-state index in [1.807, 2.05) is 24.3 Å². The number of nitrogens with two attached hydrogens (primary N) is 1. The van der Waals surface area contributed by atoms with Crippen LogP contribution in [0.3, 0.4) is 0 Å². The Kier molecular flexibility index (Phi) is 3.04. The van der Waals surface area contributed by atoms with Crippen molar-refractivity contribution in [1.29, 1.82) is 0 Å². The Hall–Kier alpha value is -2.56. The van der Waals surface area contributed by atoms with Gasteiger partial charge in [0.1, 0.15) is 5.75 Å². The Balaban J connectivity index is 1.76. The molecule has 1 aliphatic carbocycles. The van der Waals surface area contributed by atoms with Gasteiger partial charge in [0.15, 0.2) is 5.82 Å². The molecule has 0 saturated heterocycles. The van der Waals surface area contributed by atoms with Gasteiger partial charge in [-0.3, -0.25) is 4.90 Å². The Bertz CT molecular complexity index is 786. The standard InChI is InChI=1S/C18H17FN2O2/c19-16-12(5-3-7-14(16)20)11-21-17(22)23-15-8-2-1-6-13(15)18(21)9-4-10-18/h1-3,5-8H,4,9-11,20H2. The van der Waals surface area contributed by atoms with Crippen molar-refractivity contribution in [1.82, 2.24) is 4.90 Å². The molecule has 1 amide bonds. The van der Waals surface area contributed by atoms with Gasteiger partial charge < -0.3 is 10.5 Å². The van der Waals surface area contributed by atoms with Crippen molar-refractivity contribution in [2.75, 3.05) is 5.73 Å². The summed E-state index contributed by atoms with van der Waals surface area (Å²) in [5.41, 5.74) is 6.77. The minimum Gasteiger partial charge on any atom is -0.410 e. The highest BCUT2D eigenvalue weighted by molar-refractivity contribution is 5.76. The van der Waals surface area contributed by atoms with Gasteiger partial charge in [0.2, 0.25) is 0 Å². The molecule has 0 atom stereocenters.